The summed E-state index contributed by atoms with van der Waals surface area (Å²) >= 11 is 0. The number of benzene rings is 1. The molecule has 0 saturated carbocycles. The molecule has 1 aliphatic heterocycles. The van der Waals surface area contributed by atoms with Gasteiger partial charge in [0.05, 0.1) is 11.2 Å². The summed E-state index contributed by atoms with van der Waals surface area (Å²) in [5.41, 5.74) is 0.617. The molecule has 5 nitrogen and oxygen atoms in total. The highest BCUT2D eigenvalue weighted by Gasteiger charge is 2.41. The number of carbonyl (C=O) groups excluding carboxylic acids is 1. The third kappa shape index (κ3) is 3.71. The van der Waals surface area contributed by atoms with Crippen molar-refractivity contribution in [2.24, 2.45) is 0 Å². The van der Waals surface area contributed by atoms with Gasteiger partial charge < -0.3 is 20.8 Å². The average Bonchev–Trinajstić information content (AvgIpc) is 2.51. The zero-order valence-electron chi connectivity index (χ0n) is 14.1. The molecule has 0 spiro atoms. The lowest BCUT2D eigenvalue weighted by atomic mass is 9.78. The molecule has 5 heteroatoms. The zero-order valence-corrected chi connectivity index (χ0v) is 14.1. The van der Waals surface area contributed by atoms with Crippen LogP contribution in [-0.4, -0.2) is 16.2 Å². The fourth-order valence-corrected chi connectivity index (χ4v) is 3.46. The van der Waals surface area contributed by atoms with Crippen molar-refractivity contribution in [2.45, 2.75) is 70.8 Å². The number of urea groups is 1. The van der Waals surface area contributed by atoms with Crippen molar-refractivity contribution in [1.82, 2.24) is 5.32 Å². The van der Waals surface area contributed by atoms with Crippen molar-refractivity contribution in [2.75, 3.05) is 5.32 Å². The van der Waals surface area contributed by atoms with Gasteiger partial charge in [-0.2, -0.15) is 0 Å². The molecule has 0 unspecified atom stereocenters. The predicted octanol–water partition coefficient (Wildman–Crippen LogP) is 4.59. The van der Waals surface area contributed by atoms with Crippen LogP contribution in [0.3, 0.4) is 0 Å². The van der Waals surface area contributed by atoms with Crippen LogP contribution in [0.15, 0.2) is 12.1 Å². The van der Waals surface area contributed by atoms with Crippen molar-refractivity contribution in [3.8, 4) is 11.5 Å². The Balaban J connectivity index is 2.42. The second kappa shape index (κ2) is 7.57. The number of hydrogen-bond donors (Lipinski definition) is 4. The Morgan fingerprint density at radius 2 is 1.61 bits per heavy atom. The third-order valence-electron chi connectivity index (χ3n) is 4.65. The molecule has 4 N–H and O–H groups in total. The lowest BCUT2D eigenvalue weighted by Crippen LogP contribution is -2.51. The van der Waals surface area contributed by atoms with E-state index in [4.69, 9.17) is 0 Å². The van der Waals surface area contributed by atoms with E-state index in [1.54, 1.807) is 6.07 Å². The van der Waals surface area contributed by atoms with E-state index in [1.165, 1.54) is 6.07 Å². The van der Waals surface area contributed by atoms with Crippen LogP contribution in [0.5, 0.6) is 11.5 Å². The molecule has 0 saturated heterocycles. The minimum absolute atomic E-state index is 0.122. The number of phenols is 2. The molecule has 0 radical (unpaired) electrons. The Labute approximate surface area is 138 Å². The minimum Gasteiger partial charge on any atom is -0.504 e. The highest BCUT2D eigenvalue weighted by atomic mass is 16.3. The molecule has 0 bridgehead atoms. The summed E-state index contributed by atoms with van der Waals surface area (Å²) in [4.78, 5) is 12.1. The normalized spacial score (nSPS) is 15.7. The number of anilines is 1. The number of phenolic OH excluding ortho intramolecular Hbond substituents is 2. The maximum absolute atomic E-state index is 12.1. The average molecular weight is 320 g/mol. The molecule has 128 valence electrons. The van der Waals surface area contributed by atoms with Crippen molar-refractivity contribution in [1.29, 1.82) is 0 Å². The molecular formula is C18H28N2O3. The monoisotopic (exact) mass is 320 g/mol. The SMILES string of the molecule is CCCCCC1(CCCCC)NC(=O)Nc2ccc(O)c(O)c21. The number of fused-ring (bicyclic) bond motifs is 1. The van der Waals surface area contributed by atoms with Gasteiger partial charge in [0.1, 0.15) is 0 Å². The molecule has 2 rings (SSSR count). The number of aromatic hydroxyl groups is 2. The molecule has 0 fully saturated rings. The predicted molar refractivity (Wildman–Crippen MR) is 91.9 cm³/mol. The molecule has 1 aliphatic rings. The van der Waals surface area contributed by atoms with Gasteiger partial charge in [0.25, 0.3) is 0 Å². The Kier molecular flexibility index (Phi) is 5.74. The summed E-state index contributed by atoms with van der Waals surface area (Å²) in [5, 5.41) is 26.2. The molecule has 0 aliphatic carbocycles. The lowest BCUT2D eigenvalue weighted by Gasteiger charge is -2.41. The van der Waals surface area contributed by atoms with Crippen LogP contribution in [0.1, 0.15) is 70.8 Å². The van der Waals surface area contributed by atoms with E-state index in [0.29, 0.717) is 11.3 Å². The summed E-state index contributed by atoms with van der Waals surface area (Å²) in [7, 11) is 0. The van der Waals surface area contributed by atoms with Crippen LogP contribution >= 0.6 is 0 Å². The van der Waals surface area contributed by atoms with Gasteiger partial charge in [0, 0.05) is 5.56 Å². The van der Waals surface area contributed by atoms with E-state index in [-0.39, 0.29) is 17.5 Å². The molecule has 0 aromatic heterocycles. The summed E-state index contributed by atoms with van der Waals surface area (Å²) in [6.45, 7) is 4.28. The topological polar surface area (TPSA) is 81.6 Å². The van der Waals surface area contributed by atoms with Gasteiger partial charge in [-0.1, -0.05) is 52.4 Å². The number of amides is 2. The second-order valence-electron chi connectivity index (χ2n) is 6.43. The van der Waals surface area contributed by atoms with E-state index in [2.05, 4.69) is 24.5 Å². The molecule has 1 aromatic carbocycles. The molecule has 1 heterocycles. The standard InChI is InChI=1S/C18H28N2O3/c1-3-5-7-11-18(12-8-6-4-2)15-13(19-17(23)20-18)9-10-14(21)16(15)22/h9-10,21-22H,3-8,11-12H2,1-2H3,(H2,19,20,23). The molecular weight excluding hydrogens is 292 g/mol. The molecule has 23 heavy (non-hydrogen) atoms. The molecule has 2 amide bonds. The van der Waals surface area contributed by atoms with Gasteiger partial charge in [0.15, 0.2) is 11.5 Å². The Morgan fingerprint density at radius 1 is 1.00 bits per heavy atom. The second-order valence-corrected chi connectivity index (χ2v) is 6.43. The largest absolute Gasteiger partial charge is 0.504 e. The number of hydrogen-bond acceptors (Lipinski definition) is 3. The first-order chi connectivity index (χ1) is 11.0. The number of carbonyl (C=O) groups is 1. The Bertz CT molecular complexity index is 547. The molecule has 1 aromatic rings. The van der Waals surface area contributed by atoms with E-state index in [1.807, 2.05) is 0 Å². The Morgan fingerprint density at radius 3 is 2.17 bits per heavy atom. The first-order valence-electron chi connectivity index (χ1n) is 8.68. The summed E-state index contributed by atoms with van der Waals surface area (Å²) < 4.78 is 0. The van der Waals surface area contributed by atoms with Crippen molar-refractivity contribution >= 4 is 11.7 Å². The quantitative estimate of drug-likeness (QED) is 0.321. The van der Waals surface area contributed by atoms with E-state index >= 15 is 0 Å². The highest BCUT2D eigenvalue weighted by molar-refractivity contribution is 5.95. The fourth-order valence-electron chi connectivity index (χ4n) is 3.46. The van der Waals surface area contributed by atoms with Crippen LogP contribution in [0, 0.1) is 0 Å². The van der Waals surface area contributed by atoms with Crippen LogP contribution in [-0.2, 0) is 5.54 Å². The number of nitrogens with one attached hydrogen (secondary N) is 2. The maximum atomic E-state index is 12.1. The van der Waals surface area contributed by atoms with Crippen LogP contribution in [0.2, 0.25) is 0 Å². The summed E-state index contributed by atoms with van der Waals surface area (Å²) in [6.07, 6.45) is 7.81. The highest BCUT2D eigenvalue weighted by Crippen LogP contribution is 2.47. The van der Waals surface area contributed by atoms with Gasteiger partial charge in [0.2, 0.25) is 0 Å². The van der Waals surface area contributed by atoms with E-state index < -0.39 is 5.54 Å². The van der Waals surface area contributed by atoms with Gasteiger partial charge in [-0.05, 0) is 25.0 Å². The van der Waals surface area contributed by atoms with Crippen molar-refractivity contribution in [3.63, 3.8) is 0 Å². The zero-order chi connectivity index (χ0) is 16.9. The number of unbranched alkanes of at least 4 members (excludes halogenated alkanes) is 4. The lowest BCUT2D eigenvalue weighted by molar-refractivity contribution is 0.217. The van der Waals surface area contributed by atoms with Gasteiger partial charge >= 0.3 is 6.03 Å². The first-order valence-corrected chi connectivity index (χ1v) is 8.68. The summed E-state index contributed by atoms with van der Waals surface area (Å²) in [6, 6.07) is 2.84. The van der Waals surface area contributed by atoms with E-state index in [9.17, 15) is 15.0 Å². The van der Waals surface area contributed by atoms with Crippen molar-refractivity contribution in [3.05, 3.63) is 17.7 Å². The Hall–Kier alpha value is -1.91. The van der Waals surface area contributed by atoms with E-state index in [0.717, 1.165) is 51.4 Å². The third-order valence-corrected chi connectivity index (χ3v) is 4.65. The minimum atomic E-state index is -0.606. The summed E-state index contributed by atoms with van der Waals surface area (Å²) in [5.74, 6) is -0.264. The number of rotatable bonds is 8. The van der Waals surface area contributed by atoms with Crippen LogP contribution in [0.4, 0.5) is 10.5 Å². The van der Waals surface area contributed by atoms with Gasteiger partial charge in [-0.15, -0.1) is 0 Å². The van der Waals surface area contributed by atoms with Crippen LogP contribution < -0.4 is 10.6 Å². The van der Waals surface area contributed by atoms with Crippen LogP contribution in [0.25, 0.3) is 0 Å². The maximum Gasteiger partial charge on any atom is 0.319 e. The molecule has 0 atom stereocenters. The van der Waals surface area contributed by atoms with Gasteiger partial charge in [-0.25, -0.2) is 4.79 Å². The fraction of sp³-hybridized carbons (Fsp3) is 0.611. The van der Waals surface area contributed by atoms with Crippen molar-refractivity contribution < 1.29 is 15.0 Å². The van der Waals surface area contributed by atoms with Gasteiger partial charge in [-0.3, -0.25) is 0 Å². The first kappa shape index (κ1) is 17.4. The smallest absolute Gasteiger partial charge is 0.319 e.